The van der Waals surface area contributed by atoms with Gasteiger partial charge in [0.2, 0.25) is 0 Å². The Labute approximate surface area is 413 Å². The molecule has 0 unspecified atom stereocenters. The maximum absolute atomic E-state index is 7.01. The van der Waals surface area contributed by atoms with Crippen LogP contribution in [-0.2, 0) is 16.2 Å². The van der Waals surface area contributed by atoms with Crippen molar-refractivity contribution in [2.45, 2.75) is 64.7 Å². The molecule has 0 bridgehead atoms. The molecule has 12 aromatic rings. The molecule has 3 nitrogen and oxygen atoms in total. The lowest BCUT2D eigenvalue weighted by Crippen LogP contribution is -2.24. The Bertz CT molecular complexity index is 4340. The van der Waals surface area contributed by atoms with Gasteiger partial charge in [0.05, 0.1) is 5.69 Å². The Balaban J connectivity index is 0.974. The molecular weight excluding hydrogens is 863 g/mol. The van der Waals surface area contributed by atoms with Gasteiger partial charge < -0.3 is 13.7 Å². The van der Waals surface area contributed by atoms with Crippen molar-refractivity contribution in [2.75, 3.05) is 4.90 Å². The van der Waals surface area contributed by atoms with E-state index in [4.69, 9.17) is 8.83 Å². The maximum atomic E-state index is 7.01. The number of hydrogen-bond donors (Lipinski definition) is 0. The summed E-state index contributed by atoms with van der Waals surface area (Å²) in [6.45, 7) is 16.8. The largest absolute Gasteiger partial charge is 0.455 e. The summed E-state index contributed by atoms with van der Waals surface area (Å²) in [4.78, 5) is 2.52. The highest BCUT2D eigenvalue weighted by Gasteiger charge is 2.49. The number of aryl methyl sites for hydroxylation is 1. The predicted octanol–water partition coefficient (Wildman–Crippen LogP) is 19.0. The quantitative estimate of drug-likeness (QED) is 0.176. The number of furan rings is 2. The zero-order valence-corrected chi connectivity index (χ0v) is 41.1. The normalized spacial score (nSPS) is 15.3. The van der Waals surface area contributed by atoms with Crippen LogP contribution in [0.1, 0.15) is 80.5 Å². The Morgan fingerprint density at radius 3 is 1.61 bits per heavy atom. The summed E-state index contributed by atoms with van der Waals surface area (Å²) in [6.07, 6.45) is 0. The molecule has 0 saturated heterocycles. The van der Waals surface area contributed by atoms with E-state index in [9.17, 15) is 0 Å². The molecule has 0 atom stereocenters. The molecule has 0 N–H and O–H groups in total. The highest BCUT2D eigenvalue weighted by Crippen LogP contribution is 2.64. The number of fused-ring (bicyclic) bond motifs is 20. The van der Waals surface area contributed by atoms with Gasteiger partial charge in [0.25, 0.3) is 0 Å². The van der Waals surface area contributed by atoms with E-state index < -0.39 is 0 Å². The summed E-state index contributed by atoms with van der Waals surface area (Å²) in [5.74, 6) is 0. The molecule has 3 heteroatoms. The van der Waals surface area contributed by atoms with Gasteiger partial charge in [-0.3, -0.25) is 0 Å². The van der Waals surface area contributed by atoms with E-state index in [1.807, 2.05) is 0 Å². The van der Waals surface area contributed by atoms with Crippen LogP contribution in [-0.4, -0.2) is 0 Å². The fourth-order valence-electron chi connectivity index (χ4n) is 13.8. The highest BCUT2D eigenvalue weighted by atomic mass is 16.3. The van der Waals surface area contributed by atoms with Crippen LogP contribution >= 0.6 is 0 Å². The molecule has 10 aromatic carbocycles. The van der Waals surface area contributed by atoms with E-state index in [1.54, 1.807) is 0 Å². The molecule has 15 rings (SSSR count). The third kappa shape index (κ3) is 5.18. The van der Waals surface area contributed by atoms with Crippen molar-refractivity contribution < 1.29 is 8.83 Å². The highest BCUT2D eigenvalue weighted by molar-refractivity contribution is 6.22. The van der Waals surface area contributed by atoms with E-state index in [0.717, 1.165) is 50.3 Å². The molecule has 3 aliphatic rings. The predicted molar refractivity (Wildman–Crippen MR) is 296 cm³/mol. The Hall–Kier alpha value is -8.14. The van der Waals surface area contributed by atoms with Gasteiger partial charge in [-0.1, -0.05) is 175 Å². The first-order chi connectivity index (χ1) is 34.4. The second kappa shape index (κ2) is 13.8. The van der Waals surface area contributed by atoms with E-state index in [1.165, 1.54) is 105 Å². The SMILES string of the molecule is Cc1ccccc1-c1cc2c(c3c1oc1ccccc13)-c1ccc(N(c3ccc4c(c3)C(C)(C)c3c5c(c6oc7ccccc7c6c3-4)-c3ccccc3C5(C)C)c3cccc4ccccc34)cc1C2(C)C. The van der Waals surface area contributed by atoms with Crippen LogP contribution in [0.3, 0.4) is 0 Å². The first-order valence-electron chi connectivity index (χ1n) is 25.2. The van der Waals surface area contributed by atoms with E-state index in [-0.39, 0.29) is 16.2 Å². The third-order valence-electron chi connectivity index (χ3n) is 17.1. The number of rotatable bonds is 4. The molecule has 71 heavy (non-hydrogen) atoms. The topological polar surface area (TPSA) is 29.5 Å². The van der Waals surface area contributed by atoms with Crippen LogP contribution in [0.2, 0.25) is 0 Å². The van der Waals surface area contributed by atoms with Crippen LogP contribution in [0, 0.1) is 6.92 Å². The van der Waals surface area contributed by atoms with E-state index >= 15 is 0 Å². The first-order valence-corrected chi connectivity index (χ1v) is 25.2. The number of hydrogen-bond acceptors (Lipinski definition) is 3. The monoisotopic (exact) mass is 913 g/mol. The van der Waals surface area contributed by atoms with Gasteiger partial charge in [0, 0.05) is 65.7 Å². The Morgan fingerprint density at radius 2 is 0.887 bits per heavy atom. The number of nitrogens with zero attached hydrogens (tertiary/aromatic N) is 1. The smallest absolute Gasteiger partial charge is 0.144 e. The van der Waals surface area contributed by atoms with Gasteiger partial charge in [0.15, 0.2) is 0 Å². The lowest BCUT2D eigenvalue weighted by molar-refractivity contribution is 0.600. The van der Waals surface area contributed by atoms with Gasteiger partial charge in [0.1, 0.15) is 22.3 Å². The van der Waals surface area contributed by atoms with Crippen molar-refractivity contribution in [2.24, 2.45) is 0 Å². The standard InChI is InChI=1S/C68H51NO2/c1-38-19-8-10-22-42(38)49-37-53-57(59-47-25-13-16-29-55(47)70-64(49)59)45-33-31-40(35-51(45)66(53,2)3)69(54-28-18-21-39-20-9-11-23-43(39)54)41-32-34-46-52(36-41)68(6,7)62-58(46)60-48-26-14-17-30-56(48)71-65(60)61-44-24-12-15-27-50(44)67(4,5)63(61)62/h8-37H,1-7H3. The van der Waals surface area contributed by atoms with Crippen LogP contribution in [0.4, 0.5) is 17.1 Å². The molecule has 3 aliphatic carbocycles. The van der Waals surface area contributed by atoms with Gasteiger partial charge in [-0.05, 0) is 133 Å². The fraction of sp³-hybridized carbons (Fsp3) is 0.147. The second-order valence-electron chi connectivity index (χ2n) is 22.0. The fourth-order valence-corrected chi connectivity index (χ4v) is 13.8. The first kappa shape index (κ1) is 40.7. The lowest BCUT2D eigenvalue weighted by Gasteiger charge is -2.32. The second-order valence-corrected chi connectivity index (χ2v) is 22.0. The zero-order chi connectivity index (χ0) is 47.9. The summed E-state index contributed by atoms with van der Waals surface area (Å²) in [7, 11) is 0. The minimum atomic E-state index is -0.337. The van der Waals surface area contributed by atoms with E-state index in [0.29, 0.717) is 0 Å². The molecule has 0 spiro atoms. The molecule has 0 fully saturated rings. The summed E-state index contributed by atoms with van der Waals surface area (Å²) in [5.41, 5.74) is 25.7. The van der Waals surface area contributed by atoms with Crippen LogP contribution in [0.15, 0.2) is 191 Å². The molecule has 0 aliphatic heterocycles. The van der Waals surface area contributed by atoms with Gasteiger partial charge in [-0.15, -0.1) is 0 Å². The van der Waals surface area contributed by atoms with Crippen molar-refractivity contribution in [3.8, 4) is 44.5 Å². The van der Waals surface area contributed by atoms with Crippen molar-refractivity contribution in [3.05, 3.63) is 221 Å². The Kier molecular flexibility index (Phi) is 7.91. The molecule has 2 aromatic heterocycles. The molecule has 0 saturated carbocycles. The van der Waals surface area contributed by atoms with E-state index in [2.05, 4.69) is 235 Å². The van der Waals surface area contributed by atoms with Crippen molar-refractivity contribution in [1.29, 1.82) is 0 Å². The van der Waals surface area contributed by atoms with Gasteiger partial charge in [-0.25, -0.2) is 0 Å². The lowest BCUT2D eigenvalue weighted by atomic mass is 9.72. The minimum Gasteiger partial charge on any atom is -0.455 e. The Morgan fingerprint density at radius 1 is 0.366 bits per heavy atom. The van der Waals surface area contributed by atoms with Crippen molar-refractivity contribution >= 4 is 71.7 Å². The summed E-state index contributed by atoms with van der Waals surface area (Å²) in [6, 6.07) is 67.4. The molecule has 0 radical (unpaired) electrons. The molecule has 340 valence electrons. The third-order valence-corrected chi connectivity index (χ3v) is 17.1. The van der Waals surface area contributed by atoms with Gasteiger partial charge >= 0.3 is 0 Å². The molecular formula is C68H51NO2. The summed E-state index contributed by atoms with van der Waals surface area (Å²) >= 11 is 0. The minimum absolute atomic E-state index is 0.232. The number of benzene rings is 10. The van der Waals surface area contributed by atoms with Crippen molar-refractivity contribution in [1.82, 2.24) is 0 Å². The molecule has 0 amide bonds. The summed E-state index contributed by atoms with van der Waals surface area (Å²) < 4.78 is 13.9. The van der Waals surface area contributed by atoms with Gasteiger partial charge in [-0.2, -0.15) is 0 Å². The van der Waals surface area contributed by atoms with Crippen molar-refractivity contribution in [3.63, 3.8) is 0 Å². The average Bonchev–Trinajstić information content (AvgIpc) is 4.14. The molecule has 2 heterocycles. The number of para-hydroxylation sites is 2. The number of anilines is 3. The van der Waals surface area contributed by atoms with Crippen LogP contribution in [0.5, 0.6) is 0 Å². The average molecular weight is 914 g/mol. The van der Waals surface area contributed by atoms with Crippen LogP contribution < -0.4 is 4.90 Å². The van der Waals surface area contributed by atoms with Crippen LogP contribution in [0.25, 0.3) is 99.2 Å². The maximum Gasteiger partial charge on any atom is 0.144 e. The zero-order valence-electron chi connectivity index (χ0n) is 41.1. The summed E-state index contributed by atoms with van der Waals surface area (Å²) in [5, 5.41) is 7.15.